The molecule has 5 heteroatoms. The maximum absolute atomic E-state index is 9.06. The van der Waals surface area contributed by atoms with Crippen LogP contribution in [0.2, 0.25) is 0 Å². The van der Waals surface area contributed by atoms with Crippen molar-refractivity contribution in [2.45, 2.75) is 32.3 Å². The zero-order valence-corrected chi connectivity index (χ0v) is 10.6. The summed E-state index contributed by atoms with van der Waals surface area (Å²) in [5.74, 6) is 0.789. The molecule has 1 aliphatic heterocycles. The van der Waals surface area contributed by atoms with Gasteiger partial charge >= 0.3 is 7.12 Å². The Balaban J connectivity index is 1.85. The molecule has 1 aromatic carbocycles. The molecule has 0 saturated carbocycles. The van der Waals surface area contributed by atoms with Gasteiger partial charge in [-0.05, 0) is 36.9 Å². The number of ether oxygens (including phenoxy) is 2. The van der Waals surface area contributed by atoms with Crippen molar-refractivity contribution < 1.29 is 19.5 Å². The minimum atomic E-state index is -1.43. The van der Waals surface area contributed by atoms with Crippen molar-refractivity contribution >= 4 is 12.6 Å². The van der Waals surface area contributed by atoms with E-state index in [0.717, 1.165) is 37.2 Å². The summed E-state index contributed by atoms with van der Waals surface area (Å²) in [6.45, 7) is 3.40. The number of rotatable bonds is 5. The predicted molar refractivity (Wildman–Crippen MR) is 70.1 cm³/mol. The molecule has 1 fully saturated rings. The third-order valence-corrected chi connectivity index (χ3v) is 3.22. The molecule has 0 aromatic heterocycles. The summed E-state index contributed by atoms with van der Waals surface area (Å²) < 4.78 is 11.2. The average molecular weight is 250 g/mol. The van der Waals surface area contributed by atoms with Crippen LogP contribution in [0.5, 0.6) is 5.75 Å². The van der Waals surface area contributed by atoms with Crippen molar-refractivity contribution in [1.29, 1.82) is 0 Å². The van der Waals surface area contributed by atoms with Gasteiger partial charge in [0.05, 0.1) is 12.7 Å². The summed E-state index contributed by atoms with van der Waals surface area (Å²) in [5, 5.41) is 18.1. The minimum absolute atomic E-state index is 0.337. The van der Waals surface area contributed by atoms with E-state index in [0.29, 0.717) is 18.2 Å². The molecule has 1 unspecified atom stereocenters. The maximum Gasteiger partial charge on any atom is 0.488 e. The van der Waals surface area contributed by atoms with Crippen molar-refractivity contribution in [3.05, 3.63) is 23.8 Å². The van der Waals surface area contributed by atoms with Crippen LogP contribution >= 0.6 is 0 Å². The first-order valence-corrected chi connectivity index (χ1v) is 6.38. The van der Waals surface area contributed by atoms with Crippen molar-refractivity contribution in [2.75, 3.05) is 13.2 Å². The molecule has 0 radical (unpaired) electrons. The van der Waals surface area contributed by atoms with Crippen LogP contribution in [-0.4, -0.2) is 36.5 Å². The second kappa shape index (κ2) is 6.23. The fourth-order valence-electron chi connectivity index (χ4n) is 2.17. The average Bonchev–Trinajstić information content (AvgIpc) is 2.84. The molecule has 1 aliphatic rings. The van der Waals surface area contributed by atoms with Gasteiger partial charge in [-0.25, -0.2) is 0 Å². The number of hydrogen-bond acceptors (Lipinski definition) is 4. The molecule has 0 aliphatic carbocycles. The second-order valence-corrected chi connectivity index (χ2v) is 4.67. The Kier molecular flexibility index (Phi) is 4.63. The molecule has 4 nitrogen and oxygen atoms in total. The molecular weight excluding hydrogens is 231 g/mol. The lowest BCUT2D eigenvalue weighted by molar-refractivity contribution is 0.0902. The molecule has 0 spiro atoms. The number of aryl methyl sites for hydroxylation is 1. The van der Waals surface area contributed by atoms with E-state index < -0.39 is 7.12 Å². The monoisotopic (exact) mass is 250 g/mol. The first kappa shape index (κ1) is 13.4. The third kappa shape index (κ3) is 3.48. The molecule has 2 N–H and O–H groups in total. The van der Waals surface area contributed by atoms with Crippen LogP contribution in [-0.2, 0) is 4.74 Å². The molecule has 1 saturated heterocycles. The van der Waals surface area contributed by atoms with E-state index in [1.165, 1.54) is 0 Å². The highest BCUT2D eigenvalue weighted by Crippen LogP contribution is 2.18. The normalized spacial score (nSPS) is 18.9. The van der Waals surface area contributed by atoms with Gasteiger partial charge < -0.3 is 19.5 Å². The Morgan fingerprint density at radius 2 is 2.28 bits per heavy atom. The number of benzene rings is 1. The Hall–Kier alpha value is -1.04. The highest BCUT2D eigenvalue weighted by molar-refractivity contribution is 6.58. The van der Waals surface area contributed by atoms with E-state index in [2.05, 4.69) is 0 Å². The summed E-state index contributed by atoms with van der Waals surface area (Å²) in [5.41, 5.74) is 1.40. The summed E-state index contributed by atoms with van der Waals surface area (Å²) >= 11 is 0. The van der Waals surface area contributed by atoms with Gasteiger partial charge in [-0.15, -0.1) is 0 Å². The molecule has 1 atom stereocenters. The van der Waals surface area contributed by atoms with Crippen molar-refractivity contribution in [2.24, 2.45) is 0 Å². The van der Waals surface area contributed by atoms with Crippen LogP contribution in [0, 0.1) is 6.92 Å². The van der Waals surface area contributed by atoms with E-state index in [1.807, 2.05) is 6.92 Å². The summed E-state index contributed by atoms with van der Waals surface area (Å²) in [4.78, 5) is 0. The van der Waals surface area contributed by atoms with E-state index in [-0.39, 0.29) is 0 Å². The SMILES string of the molecule is Cc1cc(B(O)O)ccc1OCCC1CCCO1. The molecule has 0 bridgehead atoms. The van der Waals surface area contributed by atoms with Gasteiger partial charge in [-0.2, -0.15) is 0 Å². The van der Waals surface area contributed by atoms with Gasteiger partial charge in [-0.1, -0.05) is 12.1 Å². The van der Waals surface area contributed by atoms with Crippen molar-refractivity contribution in [3.8, 4) is 5.75 Å². The first-order chi connectivity index (χ1) is 8.66. The topological polar surface area (TPSA) is 58.9 Å². The second-order valence-electron chi connectivity index (χ2n) is 4.67. The summed E-state index contributed by atoms with van der Waals surface area (Å²) in [7, 11) is -1.43. The molecule has 1 aromatic rings. The molecular formula is C13H19BO4. The quantitative estimate of drug-likeness (QED) is 0.752. The number of hydrogen-bond donors (Lipinski definition) is 2. The van der Waals surface area contributed by atoms with Gasteiger partial charge in [0.25, 0.3) is 0 Å². The molecule has 98 valence electrons. The Labute approximate surface area is 108 Å². The van der Waals surface area contributed by atoms with Crippen LogP contribution in [0.3, 0.4) is 0 Å². The van der Waals surface area contributed by atoms with Gasteiger partial charge in [0.1, 0.15) is 5.75 Å². The largest absolute Gasteiger partial charge is 0.493 e. The van der Waals surface area contributed by atoms with E-state index >= 15 is 0 Å². The molecule has 18 heavy (non-hydrogen) atoms. The van der Waals surface area contributed by atoms with Gasteiger partial charge in [-0.3, -0.25) is 0 Å². The predicted octanol–water partition coefficient (Wildman–Crippen LogP) is 0.623. The van der Waals surface area contributed by atoms with Crippen molar-refractivity contribution in [3.63, 3.8) is 0 Å². The lowest BCUT2D eigenvalue weighted by Crippen LogP contribution is -2.29. The lowest BCUT2D eigenvalue weighted by atomic mass is 9.79. The van der Waals surface area contributed by atoms with Crippen LogP contribution in [0.25, 0.3) is 0 Å². The highest BCUT2D eigenvalue weighted by Gasteiger charge is 2.16. The smallest absolute Gasteiger partial charge is 0.488 e. The van der Waals surface area contributed by atoms with Gasteiger partial charge in [0.15, 0.2) is 0 Å². The van der Waals surface area contributed by atoms with E-state index in [9.17, 15) is 0 Å². The third-order valence-electron chi connectivity index (χ3n) is 3.22. The highest BCUT2D eigenvalue weighted by atomic mass is 16.5. The Morgan fingerprint density at radius 1 is 1.44 bits per heavy atom. The fraction of sp³-hybridized carbons (Fsp3) is 0.538. The van der Waals surface area contributed by atoms with Crippen LogP contribution in [0.1, 0.15) is 24.8 Å². The molecule has 0 amide bonds. The Bertz CT molecular complexity index is 389. The molecule has 1 heterocycles. The zero-order chi connectivity index (χ0) is 13.0. The van der Waals surface area contributed by atoms with Crippen LogP contribution in [0.4, 0.5) is 0 Å². The van der Waals surface area contributed by atoms with Crippen molar-refractivity contribution in [1.82, 2.24) is 0 Å². The first-order valence-electron chi connectivity index (χ1n) is 6.38. The van der Waals surface area contributed by atoms with Crippen LogP contribution < -0.4 is 10.2 Å². The Morgan fingerprint density at radius 3 is 2.89 bits per heavy atom. The van der Waals surface area contributed by atoms with E-state index in [1.54, 1.807) is 18.2 Å². The summed E-state index contributed by atoms with van der Waals surface area (Å²) in [6.07, 6.45) is 3.51. The fourth-order valence-corrected chi connectivity index (χ4v) is 2.17. The zero-order valence-electron chi connectivity index (χ0n) is 10.6. The van der Waals surface area contributed by atoms with Gasteiger partial charge in [0, 0.05) is 13.0 Å². The van der Waals surface area contributed by atoms with Gasteiger partial charge in [0.2, 0.25) is 0 Å². The summed E-state index contributed by atoms with van der Waals surface area (Å²) in [6, 6.07) is 5.17. The molecule has 2 rings (SSSR count). The van der Waals surface area contributed by atoms with Crippen LogP contribution in [0.15, 0.2) is 18.2 Å². The minimum Gasteiger partial charge on any atom is -0.493 e. The van der Waals surface area contributed by atoms with E-state index in [4.69, 9.17) is 19.5 Å². The lowest BCUT2D eigenvalue weighted by Gasteiger charge is -2.13. The maximum atomic E-state index is 9.06. The standard InChI is InChI=1S/C13H19BO4/c1-10-9-11(14(15)16)4-5-13(10)18-8-6-12-3-2-7-17-12/h4-5,9,12,15-16H,2-3,6-8H2,1H3.